The van der Waals surface area contributed by atoms with Gasteiger partial charge in [0.2, 0.25) is 5.91 Å². The van der Waals surface area contributed by atoms with Crippen molar-refractivity contribution in [2.75, 3.05) is 25.1 Å². The van der Waals surface area contributed by atoms with Crippen LogP contribution in [0.2, 0.25) is 0 Å². The number of carbonyl (C=O) groups is 1. The van der Waals surface area contributed by atoms with Gasteiger partial charge in [-0.05, 0) is 32.9 Å². The molecular formula is C29H31F3N2O7. The molecule has 1 aromatic heterocycles. The van der Waals surface area contributed by atoms with Crippen LogP contribution in [-0.4, -0.2) is 52.9 Å². The predicted octanol–water partition coefficient (Wildman–Crippen LogP) is 4.29. The number of anilines is 1. The molecule has 41 heavy (non-hydrogen) atoms. The number of rotatable bonds is 5. The van der Waals surface area contributed by atoms with E-state index in [-0.39, 0.29) is 36.1 Å². The molecule has 2 aromatic carbocycles. The van der Waals surface area contributed by atoms with Crippen molar-refractivity contribution in [2.45, 2.75) is 70.0 Å². The number of benzene rings is 2. The normalized spacial score (nSPS) is 23.6. The quantitative estimate of drug-likeness (QED) is 0.416. The maximum atomic E-state index is 15.7. The summed E-state index contributed by atoms with van der Waals surface area (Å²) in [5.41, 5.74) is -0.295. The largest absolute Gasteiger partial charge is 0.586 e. The topological polar surface area (TPSA) is 111 Å². The van der Waals surface area contributed by atoms with Gasteiger partial charge in [-0.1, -0.05) is 13.8 Å². The summed E-state index contributed by atoms with van der Waals surface area (Å²) in [5.74, 6) is -1.57. The van der Waals surface area contributed by atoms with Gasteiger partial charge in [0.25, 0.3) is 0 Å². The van der Waals surface area contributed by atoms with Crippen molar-refractivity contribution in [2.24, 2.45) is 0 Å². The lowest BCUT2D eigenvalue weighted by molar-refractivity contribution is -0.286. The Morgan fingerprint density at radius 3 is 2.41 bits per heavy atom. The van der Waals surface area contributed by atoms with Crippen molar-refractivity contribution in [1.29, 1.82) is 0 Å². The zero-order valence-electron chi connectivity index (χ0n) is 23.2. The van der Waals surface area contributed by atoms with E-state index in [1.165, 1.54) is 24.3 Å². The number of carbonyl (C=O) groups excluding carboxylic acids is 1. The maximum absolute atomic E-state index is 15.7. The van der Waals surface area contributed by atoms with E-state index in [2.05, 4.69) is 14.8 Å². The van der Waals surface area contributed by atoms with E-state index in [1.807, 2.05) is 32.3 Å². The third kappa shape index (κ3) is 4.22. The van der Waals surface area contributed by atoms with Crippen LogP contribution in [0, 0.1) is 5.82 Å². The highest BCUT2D eigenvalue weighted by molar-refractivity contribution is 6.02. The van der Waals surface area contributed by atoms with E-state index in [0.717, 1.165) is 11.3 Å². The van der Waals surface area contributed by atoms with Crippen molar-refractivity contribution in [1.82, 2.24) is 4.57 Å². The Hall–Kier alpha value is -3.48. The van der Waals surface area contributed by atoms with Crippen molar-refractivity contribution < 1.29 is 47.1 Å². The van der Waals surface area contributed by atoms with E-state index >= 15 is 4.39 Å². The van der Waals surface area contributed by atoms with Gasteiger partial charge in [-0.15, -0.1) is 8.78 Å². The number of hydrogen-bond acceptors (Lipinski definition) is 7. The molecule has 1 amide bonds. The number of halogens is 3. The second-order valence-corrected chi connectivity index (χ2v) is 12.2. The number of nitrogens with zero attached hydrogens (tertiary/aromatic N) is 1. The van der Waals surface area contributed by atoms with Crippen LogP contribution in [0.3, 0.4) is 0 Å². The van der Waals surface area contributed by atoms with Crippen molar-refractivity contribution in [3.63, 3.8) is 0 Å². The average Bonchev–Trinajstić information content (AvgIpc) is 3.50. The zero-order chi connectivity index (χ0) is 29.7. The molecule has 3 aromatic rings. The van der Waals surface area contributed by atoms with Crippen molar-refractivity contribution in [3.8, 4) is 17.2 Å². The lowest BCUT2D eigenvalue weighted by Crippen LogP contribution is -2.41. The number of aromatic nitrogens is 1. The first kappa shape index (κ1) is 27.7. The summed E-state index contributed by atoms with van der Waals surface area (Å²) in [7, 11) is 0. The molecule has 0 saturated heterocycles. The van der Waals surface area contributed by atoms with E-state index in [4.69, 9.17) is 9.47 Å². The highest BCUT2D eigenvalue weighted by atomic mass is 19.3. The first-order chi connectivity index (χ1) is 19.1. The summed E-state index contributed by atoms with van der Waals surface area (Å²) in [6.45, 7) is 9.18. The minimum atomic E-state index is -3.83. The smallest absolute Gasteiger partial charge is 0.492 e. The SMILES string of the molecule is CC1(C)COC(C)(C)c2c1n(C[C@@H](O)CO)c1cc(F)c(NC(=O)C3(C)COc4cc5c(cc43)OC(F)(F)O5)cc21. The second kappa shape index (κ2) is 8.76. The van der Waals surface area contributed by atoms with Gasteiger partial charge in [-0.25, -0.2) is 4.39 Å². The van der Waals surface area contributed by atoms with Gasteiger partial charge in [0.15, 0.2) is 11.5 Å². The molecule has 2 atom stereocenters. The first-order valence-corrected chi connectivity index (χ1v) is 13.2. The number of alkyl halides is 2. The number of aliphatic hydroxyl groups excluding tert-OH is 2. The lowest BCUT2D eigenvalue weighted by atomic mass is 9.79. The summed E-state index contributed by atoms with van der Waals surface area (Å²) < 4.78 is 65.6. The van der Waals surface area contributed by atoms with Crippen molar-refractivity contribution >= 4 is 22.5 Å². The molecule has 9 nitrogen and oxygen atoms in total. The third-order valence-corrected chi connectivity index (χ3v) is 8.16. The Bertz CT molecular complexity index is 1600. The van der Waals surface area contributed by atoms with Crippen LogP contribution in [0.25, 0.3) is 10.9 Å². The summed E-state index contributed by atoms with van der Waals surface area (Å²) in [5, 5.41) is 23.2. The van der Waals surface area contributed by atoms with E-state index < -0.39 is 47.2 Å². The Kier molecular flexibility index (Phi) is 5.91. The highest BCUT2D eigenvalue weighted by Crippen LogP contribution is 2.51. The van der Waals surface area contributed by atoms with Gasteiger partial charge in [0.1, 0.15) is 23.6 Å². The molecule has 6 rings (SSSR count). The molecule has 0 radical (unpaired) electrons. The zero-order valence-corrected chi connectivity index (χ0v) is 23.2. The lowest BCUT2D eigenvalue weighted by Gasteiger charge is -2.41. The number of aliphatic hydroxyl groups is 2. The minimum absolute atomic E-state index is 0.0360. The molecule has 0 bridgehead atoms. The standard InChI is InChI=1S/C29H31F3N2O7/c1-26(2)12-39-27(3,4)23-15-6-18(17(30)8-19(15)34(24(23)26)10-14(36)11-35)33-25(37)28(5)13-38-20-9-22-21(7-16(20)28)40-29(31,32)41-22/h6-9,14,35-36H,10-13H2,1-5H3,(H,33,37)/t14-,28?/m1/s1. The second-order valence-electron chi connectivity index (χ2n) is 12.2. The highest BCUT2D eigenvalue weighted by Gasteiger charge is 2.49. The van der Waals surface area contributed by atoms with Gasteiger partial charge < -0.3 is 39.0 Å². The molecule has 0 aliphatic carbocycles. The van der Waals surface area contributed by atoms with Gasteiger partial charge in [-0.3, -0.25) is 4.79 Å². The molecule has 220 valence electrons. The van der Waals surface area contributed by atoms with Crippen LogP contribution < -0.4 is 19.5 Å². The first-order valence-electron chi connectivity index (χ1n) is 13.2. The Morgan fingerprint density at radius 2 is 1.73 bits per heavy atom. The van der Waals surface area contributed by atoms with Crippen LogP contribution in [0.15, 0.2) is 24.3 Å². The Labute approximate surface area is 233 Å². The van der Waals surface area contributed by atoms with E-state index in [9.17, 15) is 23.8 Å². The number of amides is 1. The minimum Gasteiger partial charge on any atom is -0.492 e. The molecule has 0 fully saturated rings. The summed E-state index contributed by atoms with van der Waals surface area (Å²) in [6, 6.07) is 5.36. The van der Waals surface area contributed by atoms with Crippen LogP contribution in [0.4, 0.5) is 18.9 Å². The summed E-state index contributed by atoms with van der Waals surface area (Å²) >= 11 is 0. The van der Waals surface area contributed by atoms with Crippen LogP contribution in [0.1, 0.15) is 51.4 Å². The molecule has 3 aliphatic heterocycles. The summed E-state index contributed by atoms with van der Waals surface area (Å²) in [4.78, 5) is 13.7. The number of nitrogens with one attached hydrogen (secondary N) is 1. The molecule has 1 unspecified atom stereocenters. The Balaban J connectivity index is 1.42. The van der Waals surface area contributed by atoms with Gasteiger partial charge in [-0.2, -0.15) is 0 Å². The monoisotopic (exact) mass is 576 g/mol. The third-order valence-electron chi connectivity index (χ3n) is 8.16. The number of fused-ring (bicyclic) bond motifs is 5. The molecular weight excluding hydrogens is 545 g/mol. The van der Waals surface area contributed by atoms with E-state index in [0.29, 0.717) is 23.1 Å². The molecule has 3 N–H and O–H groups in total. The van der Waals surface area contributed by atoms with Gasteiger partial charge in [0.05, 0.1) is 42.7 Å². The van der Waals surface area contributed by atoms with Crippen LogP contribution in [-0.2, 0) is 32.5 Å². The van der Waals surface area contributed by atoms with Crippen LogP contribution in [0.5, 0.6) is 17.2 Å². The maximum Gasteiger partial charge on any atom is 0.586 e. The predicted molar refractivity (Wildman–Crippen MR) is 141 cm³/mol. The van der Waals surface area contributed by atoms with Gasteiger partial charge in [0, 0.05) is 39.8 Å². The number of ether oxygens (including phenoxy) is 4. The molecule has 0 saturated carbocycles. The Morgan fingerprint density at radius 1 is 1.05 bits per heavy atom. The fourth-order valence-electron chi connectivity index (χ4n) is 6.01. The number of hydrogen-bond donors (Lipinski definition) is 3. The molecule has 3 aliphatic rings. The van der Waals surface area contributed by atoms with Crippen molar-refractivity contribution in [3.05, 3.63) is 46.9 Å². The van der Waals surface area contributed by atoms with E-state index in [1.54, 1.807) is 6.92 Å². The van der Waals surface area contributed by atoms with Gasteiger partial charge >= 0.3 is 6.29 Å². The fraction of sp³-hybridized carbons (Fsp3) is 0.483. The average molecular weight is 577 g/mol. The molecule has 0 spiro atoms. The van der Waals surface area contributed by atoms with Crippen LogP contribution >= 0.6 is 0 Å². The fourth-order valence-corrected chi connectivity index (χ4v) is 6.01. The molecule has 12 heteroatoms. The summed E-state index contributed by atoms with van der Waals surface area (Å²) in [6.07, 6.45) is -4.90. The molecule has 4 heterocycles.